The number of nitrogens with zero attached hydrogens (tertiary/aromatic N) is 3. The fourth-order valence-electron chi connectivity index (χ4n) is 3.69. The van der Waals surface area contributed by atoms with Gasteiger partial charge in [0.2, 0.25) is 0 Å². The highest BCUT2D eigenvalue weighted by atomic mass is 79.9. The summed E-state index contributed by atoms with van der Waals surface area (Å²) in [6, 6.07) is 3.79. The molecule has 3 heterocycles. The molecule has 1 fully saturated rings. The van der Waals surface area contributed by atoms with Crippen LogP contribution in [0.25, 0.3) is 0 Å². The molecule has 0 spiro atoms. The number of aliphatic imine (C=N–C) groups is 2. The van der Waals surface area contributed by atoms with Crippen LogP contribution in [0.2, 0.25) is 0 Å². The van der Waals surface area contributed by atoms with E-state index < -0.39 is 12.0 Å². The molecule has 1 aromatic carbocycles. The van der Waals surface area contributed by atoms with E-state index in [0.717, 1.165) is 36.1 Å². The number of thioether (sulfide) groups is 1. The Kier molecular flexibility index (Phi) is 7.42. The molecule has 1 saturated heterocycles. The summed E-state index contributed by atoms with van der Waals surface area (Å²) in [5.41, 5.74) is 1.88. The Hall–Kier alpha value is -1.75. The second kappa shape index (κ2) is 10.2. The molecule has 0 unspecified atom stereocenters. The number of benzene rings is 1. The molecule has 3 aliphatic rings. The van der Waals surface area contributed by atoms with Gasteiger partial charge in [-0.2, -0.15) is 0 Å². The second-order valence-corrected chi connectivity index (χ2v) is 9.15. The second-order valence-electron chi connectivity index (χ2n) is 7.21. The molecule has 7 nitrogen and oxygen atoms in total. The van der Waals surface area contributed by atoms with Crippen molar-refractivity contribution in [1.82, 2.24) is 10.2 Å². The lowest BCUT2D eigenvalue weighted by Gasteiger charge is -2.32. The van der Waals surface area contributed by atoms with Gasteiger partial charge in [-0.1, -0.05) is 22.0 Å². The summed E-state index contributed by atoms with van der Waals surface area (Å²) in [7, 11) is 0. The number of ether oxygens (including phenoxy) is 2. The van der Waals surface area contributed by atoms with Gasteiger partial charge in [-0.05, 0) is 24.6 Å². The normalized spacial score (nSPS) is 22.1. The average Bonchev–Trinajstić information content (AvgIpc) is 3.29. The summed E-state index contributed by atoms with van der Waals surface area (Å²) in [6.07, 6.45) is 0. The minimum absolute atomic E-state index is 0.254. The molecular weight excluding hydrogens is 487 g/mol. The first kappa shape index (κ1) is 22.4. The molecule has 4 rings (SSSR count). The van der Waals surface area contributed by atoms with Gasteiger partial charge in [0.1, 0.15) is 16.9 Å². The van der Waals surface area contributed by atoms with Crippen molar-refractivity contribution in [2.24, 2.45) is 9.98 Å². The predicted molar refractivity (Wildman–Crippen MR) is 123 cm³/mol. The quantitative estimate of drug-likeness (QED) is 0.593. The molecule has 0 amide bonds. The number of hydrogen-bond donors (Lipinski definition) is 1. The fourth-order valence-corrected chi connectivity index (χ4v) is 5.05. The van der Waals surface area contributed by atoms with Crippen molar-refractivity contribution >= 4 is 44.5 Å². The maximum Gasteiger partial charge on any atom is 0.338 e. The number of morpholine rings is 1. The molecule has 0 aromatic heterocycles. The van der Waals surface area contributed by atoms with E-state index in [2.05, 4.69) is 31.1 Å². The van der Waals surface area contributed by atoms with Gasteiger partial charge in [0.05, 0.1) is 25.4 Å². The van der Waals surface area contributed by atoms with Crippen LogP contribution in [0.3, 0.4) is 0 Å². The summed E-state index contributed by atoms with van der Waals surface area (Å²) in [5.74, 6) is 0.747. The lowest BCUT2D eigenvalue weighted by Crippen LogP contribution is -2.44. The Morgan fingerprint density at radius 2 is 2.23 bits per heavy atom. The highest BCUT2D eigenvalue weighted by molar-refractivity contribution is 9.10. The summed E-state index contributed by atoms with van der Waals surface area (Å²) in [5, 5.41) is 4.19. The van der Waals surface area contributed by atoms with Crippen LogP contribution in [0, 0.1) is 5.82 Å². The minimum atomic E-state index is -0.634. The van der Waals surface area contributed by atoms with Crippen molar-refractivity contribution in [2.45, 2.75) is 13.0 Å². The number of rotatable bonds is 6. The summed E-state index contributed by atoms with van der Waals surface area (Å²) in [4.78, 5) is 24.7. The molecule has 0 radical (unpaired) electrons. The van der Waals surface area contributed by atoms with Crippen molar-refractivity contribution in [1.29, 1.82) is 0 Å². The first-order valence-corrected chi connectivity index (χ1v) is 12.0. The molecule has 1 N–H and O–H groups in total. The molecular formula is C21H24BrFN4O3S. The zero-order valence-corrected chi connectivity index (χ0v) is 19.6. The number of hydrogen-bond acceptors (Lipinski definition) is 8. The van der Waals surface area contributed by atoms with Crippen LogP contribution in [0.4, 0.5) is 4.39 Å². The molecule has 1 aromatic rings. The molecule has 31 heavy (non-hydrogen) atoms. The highest BCUT2D eigenvalue weighted by Crippen LogP contribution is 2.37. The van der Waals surface area contributed by atoms with E-state index in [9.17, 15) is 9.18 Å². The zero-order chi connectivity index (χ0) is 21.8. The van der Waals surface area contributed by atoms with Gasteiger partial charge in [-0.25, -0.2) is 9.18 Å². The summed E-state index contributed by atoms with van der Waals surface area (Å²) in [6.45, 7) is 6.14. The molecule has 0 bridgehead atoms. The lowest BCUT2D eigenvalue weighted by atomic mass is 9.95. The van der Waals surface area contributed by atoms with Crippen LogP contribution < -0.4 is 5.32 Å². The van der Waals surface area contributed by atoms with Crippen LogP contribution in [-0.4, -0.2) is 73.5 Å². The van der Waals surface area contributed by atoms with Crippen LogP contribution in [0.15, 0.2) is 43.9 Å². The van der Waals surface area contributed by atoms with Crippen molar-refractivity contribution < 1.29 is 18.7 Å². The van der Waals surface area contributed by atoms with Crippen LogP contribution >= 0.6 is 27.7 Å². The van der Waals surface area contributed by atoms with Crippen LogP contribution in [0.1, 0.15) is 18.5 Å². The Balaban J connectivity index is 1.79. The largest absolute Gasteiger partial charge is 0.463 e. The van der Waals surface area contributed by atoms with Gasteiger partial charge in [-0.15, -0.1) is 11.8 Å². The standard InChI is InChI=1S/C21H24BrFN4O3S/c1-2-30-21(28)17-16(12-27-6-8-29-9-7-27)25-19(20-24-5-10-31-20)26-18(17)14-4-3-13(23)11-15(14)22/h3-4,11,18H,2,5-10,12H2,1H3,(H,25,26)/t18-/m0/s1. The lowest BCUT2D eigenvalue weighted by molar-refractivity contribution is -0.139. The van der Waals surface area contributed by atoms with Gasteiger partial charge in [0.25, 0.3) is 0 Å². The topological polar surface area (TPSA) is 75.5 Å². The van der Waals surface area contributed by atoms with Crippen molar-refractivity contribution in [3.05, 3.63) is 45.3 Å². The third kappa shape index (κ3) is 5.19. The molecule has 3 aliphatic heterocycles. The molecule has 0 saturated carbocycles. The number of carbonyl (C=O) groups is 1. The monoisotopic (exact) mass is 510 g/mol. The number of amidine groups is 1. The third-order valence-corrected chi connectivity index (χ3v) is 6.82. The fraction of sp³-hybridized carbons (Fsp3) is 0.476. The smallest absolute Gasteiger partial charge is 0.338 e. The summed E-state index contributed by atoms with van der Waals surface area (Å²) < 4.78 is 25.2. The SMILES string of the molecule is CCOC(=O)C1=C(CN2CCOCC2)NC(C2=NCCS2)=N[C@H]1c1ccc(F)cc1Br. The minimum Gasteiger partial charge on any atom is -0.463 e. The third-order valence-electron chi connectivity index (χ3n) is 5.15. The molecule has 166 valence electrons. The van der Waals surface area contributed by atoms with Gasteiger partial charge < -0.3 is 14.8 Å². The van der Waals surface area contributed by atoms with Crippen molar-refractivity contribution in [2.75, 3.05) is 51.8 Å². The maximum absolute atomic E-state index is 13.8. The Bertz CT molecular complexity index is 947. The molecule has 1 atom stereocenters. The van der Waals surface area contributed by atoms with E-state index in [1.54, 1.807) is 24.8 Å². The van der Waals surface area contributed by atoms with Gasteiger partial charge in [0.15, 0.2) is 5.84 Å². The van der Waals surface area contributed by atoms with Gasteiger partial charge >= 0.3 is 5.97 Å². The van der Waals surface area contributed by atoms with Crippen LogP contribution in [-0.2, 0) is 14.3 Å². The maximum atomic E-state index is 13.8. The summed E-state index contributed by atoms with van der Waals surface area (Å²) >= 11 is 5.09. The van der Waals surface area contributed by atoms with Crippen molar-refractivity contribution in [3.8, 4) is 0 Å². The molecule has 0 aliphatic carbocycles. The number of carbonyl (C=O) groups excluding carboxylic acids is 1. The van der Waals surface area contributed by atoms with E-state index in [4.69, 9.17) is 14.5 Å². The van der Waals surface area contributed by atoms with Crippen molar-refractivity contribution in [3.63, 3.8) is 0 Å². The highest BCUT2D eigenvalue weighted by Gasteiger charge is 2.35. The van der Waals surface area contributed by atoms with E-state index in [-0.39, 0.29) is 12.4 Å². The number of esters is 1. The Labute approximate surface area is 193 Å². The first-order chi connectivity index (χ1) is 15.1. The van der Waals surface area contributed by atoms with E-state index in [1.165, 1.54) is 12.1 Å². The van der Waals surface area contributed by atoms with Crippen LogP contribution in [0.5, 0.6) is 0 Å². The molecule has 10 heteroatoms. The predicted octanol–water partition coefficient (Wildman–Crippen LogP) is 2.93. The van der Waals surface area contributed by atoms with Gasteiger partial charge in [-0.3, -0.25) is 14.9 Å². The van der Waals surface area contributed by atoms with Gasteiger partial charge in [0, 0.05) is 42.1 Å². The Morgan fingerprint density at radius 1 is 1.42 bits per heavy atom. The van der Waals surface area contributed by atoms with E-state index in [1.807, 2.05) is 0 Å². The average molecular weight is 511 g/mol. The van der Waals surface area contributed by atoms with E-state index in [0.29, 0.717) is 41.2 Å². The Morgan fingerprint density at radius 3 is 2.90 bits per heavy atom. The first-order valence-electron chi connectivity index (χ1n) is 10.2. The van der Waals surface area contributed by atoms with E-state index >= 15 is 0 Å². The number of nitrogens with one attached hydrogen (secondary N) is 1. The number of halogens is 2. The zero-order valence-electron chi connectivity index (χ0n) is 17.2.